The van der Waals surface area contributed by atoms with Gasteiger partial charge in [0.1, 0.15) is 5.82 Å². The third kappa shape index (κ3) is 1.59. The van der Waals surface area contributed by atoms with Crippen molar-refractivity contribution in [2.24, 2.45) is 0 Å². The van der Waals surface area contributed by atoms with E-state index >= 15 is 0 Å². The Labute approximate surface area is 102 Å². The van der Waals surface area contributed by atoms with Crippen LogP contribution in [0.3, 0.4) is 0 Å². The Morgan fingerprint density at radius 1 is 1.00 bits per heavy atom. The number of aromatic nitrogens is 2. The van der Waals surface area contributed by atoms with Gasteiger partial charge in [-0.3, -0.25) is 4.57 Å². The van der Waals surface area contributed by atoms with Crippen molar-refractivity contribution in [3.63, 3.8) is 0 Å². The zero-order valence-corrected chi connectivity index (χ0v) is 9.38. The summed E-state index contributed by atoms with van der Waals surface area (Å²) in [7, 11) is 0. The second kappa shape index (κ2) is 4.07. The fourth-order valence-electron chi connectivity index (χ4n) is 1.95. The van der Waals surface area contributed by atoms with Crippen LogP contribution in [-0.2, 0) is 0 Å². The van der Waals surface area contributed by atoms with Gasteiger partial charge < -0.3 is 0 Å². The van der Waals surface area contributed by atoms with Crippen molar-refractivity contribution >= 4 is 10.9 Å². The molecule has 0 spiro atoms. The van der Waals surface area contributed by atoms with E-state index in [4.69, 9.17) is 0 Å². The lowest BCUT2D eigenvalue weighted by molar-refractivity contribution is 0.617. The minimum Gasteiger partial charge on any atom is -0.258 e. The normalized spacial score (nSPS) is 10.7. The first-order valence-corrected chi connectivity index (χ1v) is 5.49. The number of para-hydroxylation sites is 2. The number of benzene rings is 2. The van der Waals surface area contributed by atoms with Crippen LogP contribution in [0.25, 0.3) is 16.6 Å². The summed E-state index contributed by atoms with van der Waals surface area (Å²) in [6.45, 7) is 0. The molecule has 0 unspecified atom stereocenters. The zero-order valence-electron chi connectivity index (χ0n) is 9.38. The molecule has 0 aliphatic rings. The van der Waals surface area contributed by atoms with E-state index in [1.165, 1.54) is 16.8 Å². The molecule has 4 heteroatoms. The number of nitrogens with zero attached hydrogens (tertiary/aromatic N) is 2. The molecule has 0 bridgehead atoms. The van der Waals surface area contributed by atoms with E-state index in [9.17, 15) is 9.18 Å². The molecule has 2 aromatic carbocycles. The van der Waals surface area contributed by atoms with E-state index in [-0.39, 0.29) is 5.69 Å². The van der Waals surface area contributed by atoms with Crippen LogP contribution in [0.5, 0.6) is 0 Å². The highest BCUT2D eigenvalue weighted by Gasteiger charge is 2.09. The van der Waals surface area contributed by atoms with Crippen LogP contribution in [0.15, 0.2) is 59.5 Å². The first-order valence-electron chi connectivity index (χ1n) is 5.49. The highest BCUT2D eigenvalue weighted by Crippen LogP contribution is 2.17. The average molecular weight is 240 g/mol. The molecule has 0 aliphatic carbocycles. The number of hydrogen-bond acceptors (Lipinski definition) is 2. The van der Waals surface area contributed by atoms with Crippen LogP contribution >= 0.6 is 0 Å². The van der Waals surface area contributed by atoms with Crippen molar-refractivity contribution in [1.29, 1.82) is 0 Å². The first kappa shape index (κ1) is 10.7. The molecule has 3 nitrogen and oxygen atoms in total. The molecule has 18 heavy (non-hydrogen) atoms. The molecule has 1 aromatic heterocycles. The highest BCUT2D eigenvalue weighted by atomic mass is 19.1. The van der Waals surface area contributed by atoms with Gasteiger partial charge in [0, 0.05) is 11.6 Å². The van der Waals surface area contributed by atoms with Crippen LogP contribution in [-0.4, -0.2) is 9.55 Å². The van der Waals surface area contributed by atoms with Gasteiger partial charge in [-0.05, 0) is 18.2 Å². The van der Waals surface area contributed by atoms with Crippen molar-refractivity contribution < 1.29 is 4.39 Å². The largest absolute Gasteiger partial charge is 0.352 e. The van der Waals surface area contributed by atoms with E-state index in [0.717, 1.165) is 5.39 Å². The van der Waals surface area contributed by atoms with E-state index < -0.39 is 11.5 Å². The lowest BCUT2D eigenvalue weighted by Gasteiger charge is -2.09. The Morgan fingerprint density at radius 3 is 2.56 bits per heavy atom. The van der Waals surface area contributed by atoms with Crippen molar-refractivity contribution in [2.75, 3.05) is 0 Å². The van der Waals surface area contributed by atoms with Gasteiger partial charge in [0.15, 0.2) is 0 Å². The second-order valence-electron chi connectivity index (χ2n) is 3.89. The summed E-state index contributed by atoms with van der Waals surface area (Å²) in [4.78, 5) is 15.6. The van der Waals surface area contributed by atoms with E-state index in [2.05, 4.69) is 4.98 Å². The standard InChI is InChI=1S/C14H9FN2O/c15-11-6-2-4-8-13(11)17-12-7-3-1-5-10(12)9-16-14(17)18/h1-9H. The van der Waals surface area contributed by atoms with Gasteiger partial charge in [-0.1, -0.05) is 30.3 Å². The lowest BCUT2D eigenvalue weighted by Crippen LogP contribution is -2.22. The zero-order chi connectivity index (χ0) is 12.5. The van der Waals surface area contributed by atoms with Crippen LogP contribution in [0, 0.1) is 5.82 Å². The van der Waals surface area contributed by atoms with Gasteiger partial charge >= 0.3 is 5.69 Å². The van der Waals surface area contributed by atoms with Crippen molar-refractivity contribution in [2.45, 2.75) is 0 Å². The summed E-state index contributed by atoms with van der Waals surface area (Å²) in [5.41, 5.74) is 0.369. The average Bonchev–Trinajstić information content (AvgIpc) is 2.40. The van der Waals surface area contributed by atoms with Crippen LogP contribution in [0.1, 0.15) is 0 Å². The van der Waals surface area contributed by atoms with Gasteiger partial charge in [-0.25, -0.2) is 14.2 Å². The molecular weight excluding hydrogens is 231 g/mol. The predicted octanol–water partition coefficient (Wildman–Crippen LogP) is 2.52. The smallest absolute Gasteiger partial charge is 0.258 e. The molecule has 88 valence electrons. The van der Waals surface area contributed by atoms with E-state index in [0.29, 0.717) is 5.52 Å². The molecule has 1 heterocycles. The molecule has 3 aromatic rings. The van der Waals surface area contributed by atoms with E-state index in [1.54, 1.807) is 30.3 Å². The molecule has 3 rings (SSSR count). The first-order chi connectivity index (χ1) is 8.77. The number of fused-ring (bicyclic) bond motifs is 1. The summed E-state index contributed by atoms with van der Waals surface area (Å²) in [5, 5.41) is 0.792. The molecule has 0 saturated carbocycles. The maximum absolute atomic E-state index is 13.8. The molecule has 0 atom stereocenters. The minimum absolute atomic E-state index is 0.215. The highest BCUT2D eigenvalue weighted by molar-refractivity contribution is 5.79. The maximum Gasteiger partial charge on any atom is 0.352 e. The molecule has 0 radical (unpaired) electrons. The number of hydrogen-bond donors (Lipinski definition) is 0. The Hall–Kier alpha value is -2.49. The second-order valence-corrected chi connectivity index (χ2v) is 3.89. The third-order valence-electron chi connectivity index (χ3n) is 2.78. The van der Waals surface area contributed by atoms with Crippen molar-refractivity contribution in [1.82, 2.24) is 9.55 Å². The predicted molar refractivity (Wildman–Crippen MR) is 67.3 cm³/mol. The third-order valence-corrected chi connectivity index (χ3v) is 2.78. The SMILES string of the molecule is O=c1ncc2ccccc2n1-c1ccccc1F. The summed E-state index contributed by atoms with van der Waals surface area (Å²) in [6, 6.07) is 13.4. The summed E-state index contributed by atoms with van der Waals surface area (Å²) < 4.78 is 15.1. The van der Waals surface area contributed by atoms with Gasteiger partial charge in [0.05, 0.1) is 11.2 Å². The van der Waals surface area contributed by atoms with Crippen molar-refractivity contribution in [3.05, 3.63) is 71.0 Å². The molecule has 0 aliphatic heterocycles. The summed E-state index contributed by atoms with van der Waals surface area (Å²) >= 11 is 0. The summed E-state index contributed by atoms with van der Waals surface area (Å²) in [5.74, 6) is -0.447. The summed E-state index contributed by atoms with van der Waals surface area (Å²) in [6.07, 6.45) is 1.50. The monoisotopic (exact) mass is 240 g/mol. The Bertz CT molecular complexity index is 780. The van der Waals surface area contributed by atoms with Crippen molar-refractivity contribution in [3.8, 4) is 5.69 Å². The van der Waals surface area contributed by atoms with Gasteiger partial charge in [0.25, 0.3) is 0 Å². The van der Waals surface area contributed by atoms with Crippen LogP contribution < -0.4 is 5.69 Å². The molecular formula is C14H9FN2O. The fraction of sp³-hybridized carbons (Fsp3) is 0. The van der Waals surface area contributed by atoms with Gasteiger partial charge in [0.2, 0.25) is 0 Å². The maximum atomic E-state index is 13.8. The number of rotatable bonds is 1. The molecule has 0 fully saturated rings. The van der Waals surface area contributed by atoms with Gasteiger partial charge in [-0.2, -0.15) is 0 Å². The molecule has 0 amide bonds. The van der Waals surface area contributed by atoms with Crippen LogP contribution in [0.4, 0.5) is 4.39 Å². The molecule has 0 saturated heterocycles. The Morgan fingerprint density at radius 2 is 1.72 bits per heavy atom. The molecule has 0 N–H and O–H groups in total. The van der Waals surface area contributed by atoms with E-state index in [1.807, 2.05) is 12.1 Å². The Balaban J connectivity index is 2.46. The topological polar surface area (TPSA) is 34.9 Å². The number of halogens is 1. The minimum atomic E-state index is -0.487. The lowest BCUT2D eigenvalue weighted by atomic mass is 10.2. The van der Waals surface area contributed by atoms with Crippen LogP contribution in [0.2, 0.25) is 0 Å². The van der Waals surface area contributed by atoms with Gasteiger partial charge in [-0.15, -0.1) is 0 Å². The Kier molecular flexibility index (Phi) is 2.41. The fourth-order valence-corrected chi connectivity index (χ4v) is 1.95. The quantitative estimate of drug-likeness (QED) is 0.655.